The molecule has 5 heteroatoms. The quantitative estimate of drug-likeness (QED) is 0.574. The van der Waals surface area contributed by atoms with E-state index in [0.29, 0.717) is 11.6 Å². The van der Waals surface area contributed by atoms with Gasteiger partial charge in [0.2, 0.25) is 0 Å². The van der Waals surface area contributed by atoms with Crippen LogP contribution in [0, 0.1) is 12.8 Å². The van der Waals surface area contributed by atoms with Gasteiger partial charge < -0.3 is 9.30 Å². The predicted molar refractivity (Wildman–Crippen MR) is 105 cm³/mol. The first-order valence-electron chi connectivity index (χ1n) is 8.79. The highest BCUT2D eigenvalue weighted by molar-refractivity contribution is 6.30. The summed E-state index contributed by atoms with van der Waals surface area (Å²) in [6.07, 6.45) is 0.780. The lowest BCUT2D eigenvalue weighted by Gasteiger charge is -2.13. The number of ether oxygens (including phenoxy) is 1. The van der Waals surface area contributed by atoms with Crippen LogP contribution in [0.3, 0.4) is 0 Å². The molecule has 0 radical (unpaired) electrons. The van der Waals surface area contributed by atoms with E-state index >= 15 is 0 Å². The number of para-hydroxylation sites is 1. The van der Waals surface area contributed by atoms with E-state index in [1.807, 2.05) is 25.1 Å². The van der Waals surface area contributed by atoms with Gasteiger partial charge in [-0.05, 0) is 56.2 Å². The number of carbonyl (C=O) groups excluding carboxylic acids is 1. The zero-order chi connectivity index (χ0) is 18.7. The molecule has 3 rings (SSSR count). The van der Waals surface area contributed by atoms with E-state index in [2.05, 4.69) is 23.6 Å². The average molecular weight is 371 g/mol. The SMILES string of the molecule is CC(=O)C(C)CCn1c(COc2ccc(Cl)cc2)nc2c(C)cccc21. The Morgan fingerprint density at radius 3 is 2.65 bits per heavy atom. The number of hydrogen-bond acceptors (Lipinski definition) is 3. The van der Waals surface area contributed by atoms with Gasteiger partial charge in [0, 0.05) is 17.5 Å². The standard InChI is InChI=1S/C21H23ClN2O2/c1-14(16(3)25)11-12-24-19-6-4-5-15(2)21(19)23-20(24)13-26-18-9-7-17(22)8-10-18/h4-10,14H,11-13H2,1-3H3. The zero-order valence-electron chi connectivity index (χ0n) is 15.3. The summed E-state index contributed by atoms with van der Waals surface area (Å²) in [4.78, 5) is 16.4. The predicted octanol–water partition coefficient (Wildman–Crippen LogP) is 5.19. The minimum Gasteiger partial charge on any atom is -0.486 e. The molecule has 1 aromatic heterocycles. The van der Waals surface area contributed by atoms with E-state index in [1.165, 1.54) is 0 Å². The molecule has 0 saturated heterocycles. The van der Waals surface area contributed by atoms with Crippen molar-refractivity contribution in [2.24, 2.45) is 5.92 Å². The monoisotopic (exact) mass is 370 g/mol. The number of Topliss-reactive ketones (excluding diaryl/α,β-unsaturated/α-hetero) is 1. The lowest BCUT2D eigenvalue weighted by Crippen LogP contribution is -2.13. The number of carbonyl (C=O) groups is 1. The Bertz CT molecular complexity index is 916. The van der Waals surface area contributed by atoms with Crippen molar-refractivity contribution in [3.63, 3.8) is 0 Å². The van der Waals surface area contributed by atoms with Crippen molar-refractivity contribution < 1.29 is 9.53 Å². The number of fused-ring (bicyclic) bond motifs is 1. The summed E-state index contributed by atoms with van der Waals surface area (Å²) >= 11 is 5.92. The molecule has 0 N–H and O–H groups in total. The van der Waals surface area contributed by atoms with Gasteiger partial charge in [-0.15, -0.1) is 0 Å². The van der Waals surface area contributed by atoms with Crippen molar-refractivity contribution in [1.82, 2.24) is 9.55 Å². The van der Waals surface area contributed by atoms with Crippen molar-refractivity contribution in [2.75, 3.05) is 0 Å². The first-order valence-corrected chi connectivity index (χ1v) is 9.17. The van der Waals surface area contributed by atoms with Crippen LogP contribution in [0.4, 0.5) is 0 Å². The Morgan fingerprint density at radius 1 is 1.23 bits per heavy atom. The number of aryl methyl sites for hydroxylation is 2. The van der Waals surface area contributed by atoms with Crippen molar-refractivity contribution in [3.8, 4) is 5.75 Å². The maximum atomic E-state index is 11.6. The topological polar surface area (TPSA) is 44.1 Å². The van der Waals surface area contributed by atoms with Crippen molar-refractivity contribution in [1.29, 1.82) is 0 Å². The van der Waals surface area contributed by atoms with Crippen LogP contribution in [0.25, 0.3) is 11.0 Å². The molecule has 1 heterocycles. The molecule has 0 aliphatic heterocycles. The van der Waals surface area contributed by atoms with Gasteiger partial charge >= 0.3 is 0 Å². The van der Waals surface area contributed by atoms with Gasteiger partial charge in [-0.2, -0.15) is 0 Å². The Hall–Kier alpha value is -2.33. The van der Waals surface area contributed by atoms with Gasteiger partial charge in [-0.3, -0.25) is 4.79 Å². The molecular formula is C21H23ClN2O2. The smallest absolute Gasteiger partial charge is 0.148 e. The third-order valence-electron chi connectivity index (χ3n) is 4.72. The Morgan fingerprint density at radius 2 is 1.96 bits per heavy atom. The Labute approximate surface area is 158 Å². The molecule has 0 aliphatic rings. The molecule has 1 atom stereocenters. The maximum Gasteiger partial charge on any atom is 0.148 e. The molecular weight excluding hydrogens is 348 g/mol. The average Bonchev–Trinajstić information content (AvgIpc) is 2.98. The molecule has 0 bridgehead atoms. The summed E-state index contributed by atoms with van der Waals surface area (Å²) < 4.78 is 8.07. The van der Waals surface area contributed by atoms with Crippen LogP contribution in [-0.4, -0.2) is 15.3 Å². The number of halogens is 1. The third-order valence-corrected chi connectivity index (χ3v) is 4.97. The molecule has 0 spiro atoms. The van der Waals surface area contributed by atoms with Gasteiger partial charge in [-0.25, -0.2) is 4.98 Å². The molecule has 4 nitrogen and oxygen atoms in total. The summed E-state index contributed by atoms with van der Waals surface area (Å²) in [7, 11) is 0. The van der Waals surface area contributed by atoms with Gasteiger partial charge in [0.25, 0.3) is 0 Å². The summed E-state index contributed by atoms with van der Waals surface area (Å²) in [6.45, 7) is 6.77. The second-order valence-corrected chi connectivity index (χ2v) is 7.10. The van der Waals surface area contributed by atoms with Crippen LogP contribution < -0.4 is 4.74 Å². The third kappa shape index (κ3) is 4.07. The van der Waals surface area contributed by atoms with E-state index in [9.17, 15) is 4.79 Å². The van der Waals surface area contributed by atoms with Gasteiger partial charge in [-0.1, -0.05) is 30.7 Å². The van der Waals surface area contributed by atoms with E-state index < -0.39 is 0 Å². The largest absolute Gasteiger partial charge is 0.486 e. The fraction of sp³-hybridized carbons (Fsp3) is 0.333. The van der Waals surface area contributed by atoms with Crippen LogP contribution in [0.15, 0.2) is 42.5 Å². The van der Waals surface area contributed by atoms with Crippen LogP contribution in [0.1, 0.15) is 31.7 Å². The molecule has 2 aromatic carbocycles. The van der Waals surface area contributed by atoms with Gasteiger partial charge in [0.05, 0.1) is 11.0 Å². The highest BCUT2D eigenvalue weighted by Gasteiger charge is 2.15. The molecule has 0 aliphatic carbocycles. The highest BCUT2D eigenvalue weighted by Crippen LogP contribution is 2.23. The summed E-state index contributed by atoms with van der Waals surface area (Å²) in [5, 5.41) is 0.679. The number of aromatic nitrogens is 2. The van der Waals surface area contributed by atoms with Crippen molar-refractivity contribution in [3.05, 3.63) is 58.9 Å². The van der Waals surface area contributed by atoms with Crippen LogP contribution in [0.2, 0.25) is 5.02 Å². The molecule has 136 valence electrons. The van der Waals surface area contributed by atoms with E-state index in [-0.39, 0.29) is 11.7 Å². The van der Waals surface area contributed by atoms with Gasteiger partial charge in [0.15, 0.2) is 0 Å². The summed E-state index contributed by atoms with van der Waals surface area (Å²) in [5.74, 6) is 1.86. The minimum atomic E-state index is 0.0299. The van der Waals surface area contributed by atoms with E-state index in [0.717, 1.165) is 41.1 Å². The Kier molecular flexibility index (Phi) is 5.62. The van der Waals surface area contributed by atoms with E-state index in [4.69, 9.17) is 21.3 Å². The number of ketones is 1. The van der Waals surface area contributed by atoms with Crippen LogP contribution in [-0.2, 0) is 17.9 Å². The number of benzene rings is 2. The van der Waals surface area contributed by atoms with Crippen molar-refractivity contribution in [2.45, 2.75) is 40.3 Å². The molecule has 0 fully saturated rings. The molecule has 0 saturated carbocycles. The lowest BCUT2D eigenvalue weighted by atomic mass is 10.0. The Balaban J connectivity index is 1.87. The highest BCUT2D eigenvalue weighted by atomic mass is 35.5. The normalized spacial score (nSPS) is 12.3. The first-order chi connectivity index (χ1) is 12.5. The number of rotatable bonds is 7. The fourth-order valence-corrected chi connectivity index (χ4v) is 3.03. The second-order valence-electron chi connectivity index (χ2n) is 6.67. The molecule has 26 heavy (non-hydrogen) atoms. The minimum absolute atomic E-state index is 0.0299. The van der Waals surface area contributed by atoms with E-state index in [1.54, 1.807) is 19.1 Å². The second kappa shape index (κ2) is 7.92. The maximum absolute atomic E-state index is 11.6. The van der Waals surface area contributed by atoms with Crippen LogP contribution >= 0.6 is 11.6 Å². The summed E-state index contributed by atoms with van der Waals surface area (Å²) in [5.41, 5.74) is 3.20. The summed E-state index contributed by atoms with van der Waals surface area (Å²) in [6, 6.07) is 13.5. The molecule has 1 unspecified atom stereocenters. The number of imidazole rings is 1. The lowest BCUT2D eigenvalue weighted by molar-refractivity contribution is -0.120. The van der Waals surface area contributed by atoms with Crippen LogP contribution in [0.5, 0.6) is 5.75 Å². The first kappa shape index (κ1) is 18.5. The number of nitrogens with zero attached hydrogens (tertiary/aromatic N) is 2. The van der Waals surface area contributed by atoms with Crippen molar-refractivity contribution >= 4 is 28.4 Å². The fourth-order valence-electron chi connectivity index (χ4n) is 2.90. The number of hydrogen-bond donors (Lipinski definition) is 0. The molecule has 3 aromatic rings. The van der Waals surface area contributed by atoms with Gasteiger partial charge in [0.1, 0.15) is 24.0 Å². The zero-order valence-corrected chi connectivity index (χ0v) is 16.1. The molecule has 0 amide bonds.